The number of nitrogen functional groups attached to an aromatic ring is 1. The van der Waals surface area contributed by atoms with Gasteiger partial charge in [0.05, 0.1) is 10.9 Å². The third kappa shape index (κ3) is 1.79. The Morgan fingerprint density at radius 3 is 3.00 bits per heavy atom. The van der Waals surface area contributed by atoms with Crippen LogP contribution >= 0.6 is 0 Å². The molecule has 3 aromatic rings. The van der Waals surface area contributed by atoms with E-state index in [1.807, 2.05) is 0 Å². The number of nitrogens with one attached hydrogen (secondary N) is 1. The summed E-state index contributed by atoms with van der Waals surface area (Å²) in [4.78, 5) is 22.5. The van der Waals surface area contributed by atoms with Gasteiger partial charge in [0, 0.05) is 5.69 Å². The Morgan fingerprint density at radius 2 is 2.26 bits per heavy atom. The molecule has 0 amide bonds. The van der Waals surface area contributed by atoms with E-state index in [0.29, 0.717) is 16.6 Å². The zero-order chi connectivity index (χ0) is 13.4. The average molecular weight is 253 g/mol. The molecule has 0 aliphatic carbocycles. The molecular weight excluding hydrogens is 246 g/mol. The van der Waals surface area contributed by atoms with Gasteiger partial charge >= 0.3 is 0 Å². The standard InChI is InChI=1S/C11H7N7O/c12-4-9-14-5-18(17-9)11-15-8-2-1-6(13)3-7(8)10(19)16-11/h1-3,5H,13H2,(H,15,16,19). The third-order valence-corrected chi connectivity index (χ3v) is 2.53. The van der Waals surface area contributed by atoms with Gasteiger partial charge in [-0.2, -0.15) is 9.94 Å². The molecule has 3 N–H and O–H groups in total. The van der Waals surface area contributed by atoms with Gasteiger partial charge in [-0.3, -0.25) is 9.78 Å². The molecule has 0 atom stereocenters. The van der Waals surface area contributed by atoms with Gasteiger partial charge in [0.25, 0.3) is 11.4 Å². The van der Waals surface area contributed by atoms with Crippen LogP contribution in [0.4, 0.5) is 5.69 Å². The molecule has 2 aromatic heterocycles. The number of anilines is 1. The number of aromatic nitrogens is 5. The first-order valence-electron chi connectivity index (χ1n) is 5.29. The number of hydrogen-bond donors (Lipinski definition) is 2. The molecule has 0 fully saturated rings. The zero-order valence-electron chi connectivity index (χ0n) is 9.53. The number of rotatable bonds is 1. The summed E-state index contributed by atoms with van der Waals surface area (Å²) in [6.07, 6.45) is 1.31. The minimum Gasteiger partial charge on any atom is -0.399 e. The molecular formula is C11H7N7O. The fraction of sp³-hybridized carbons (Fsp3) is 0. The number of fused-ring (bicyclic) bond motifs is 1. The summed E-state index contributed by atoms with van der Waals surface area (Å²) in [6, 6.07) is 6.64. The van der Waals surface area contributed by atoms with E-state index >= 15 is 0 Å². The van der Waals surface area contributed by atoms with Crippen LogP contribution in [0.2, 0.25) is 0 Å². The number of aromatic amines is 1. The topological polar surface area (TPSA) is 126 Å². The number of H-pyrrole nitrogens is 1. The molecule has 0 saturated heterocycles. The Bertz CT molecular complexity index is 871. The Labute approximate surface area is 106 Å². The van der Waals surface area contributed by atoms with Gasteiger partial charge in [-0.1, -0.05) is 0 Å². The molecule has 0 saturated carbocycles. The summed E-state index contributed by atoms with van der Waals surface area (Å²) < 4.78 is 1.23. The molecule has 92 valence electrons. The maximum Gasteiger partial charge on any atom is 0.260 e. The normalized spacial score (nSPS) is 10.5. The largest absolute Gasteiger partial charge is 0.399 e. The lowest BCUT2D eigenvalue weighted by Gasteiger charge is -2.02. The van der Waals surface area contributed by atoms with Crippen LogP contribution in [0.15, 0.2) is 29.3 Å². The van der Waals surface area contributed by atoms with Crippen molar-refractivity contribution >= 4 is 16.6 Å². The highest BCUT2D eigenvalue weighted by atomic mass is 16.1. The Morgan fingerprint density at radius 1 is 1.42 bits per heavy atom. The van der Waals surface area contributed by atoms with Crippen molar-refractivity contribution < 1.29 is 0 Å². The monoisotopic (exact) mass is 253 g/mol. The predicted octanol–water partition coefficient (Wildman–Crippen LogP) is -0.0423. The van der Waals surface area contributed by atoms with Crippen LogP contribution in [-0.4, -0.2) is 24.7 Å². The first kappa shape index (κ1) is 10.9. The van der Waals surface area contributed by atoms with Crippen LogP contribution < -0.4 is 11.3 Å². The van der Waals surface area contributed by atoms with Crippen molar-refractivity contribution in [3.63, 3.8) is 0 Å². The highest BCUT2D eigenvalue weighted by Crippen LogP contribution is 2.12. The quantitative estimate of drug-likeness (QED) is 0.586. The number of nitrogens with two attached hydrogens (primary N) is 1. The second-order valence-electron chi connectivity index (χ2n) is 3.79. The molecule has 8 heteroatoms. The van der Waals surface area contributed by atoms with Crippen LogP contribution in [0.5, 0.6) is 0 Å². The average Bonchev–Trinajstić information content (AvgIpc) is 2.88. The lowest BCUT2D eigenvalue weighted by molar-refractivity contribution is 0.805. The second kappa shape index (κ2) is 3.92. The molecule has 0 aliphatic heterocycles. The molecule has 8 nitrogen and oxygen atoms in total. The lowest BCUT2D eigenvalue weighted by atomic mass is 10.2. The molecule has 0 aliphatic rings. The minimum absolute atomic E-state index is 0.0000482. The van der Waals surface area contributed by atoms with Gasteiger partial charge < -0.3 is 5.73 Å². The van der Waals surface area contributed by atoms with Gasteiger partial charge in [-0.25, -0.2) is 9.97 Å². The van der Waals surface area contributed by atoms with Crippen molar-refractivity contribution in [1.82, 2.24) is 24.7 Å². The Kier molecular flexibility index (Phi) is 2.25. The van der Waals surface area contributed by atoms with E-state index in [4.69, 9.17) is 11.0 Å². The maximum absolute atomic E-state index is 11.9. The molecule has 1 aromatic carbocycles. The first-order chi connectivity index (χ1) is 9.17. The van der Waals surface area contributed by atoms with E-state index in [-0.39, 0.29) is 17.3 Å². The fourth-order valence-corrected chi connectivity index (χ4v) is 1.67. The Hall–Kier alpha value is -3.21. The molecule has 2 heterocycles. The van der Waals surface area contributed by atoms with Gasteiger partial charge in [0.2, 0.25) is 5.95 Å². The van der Waals surface area contributed by atoms with Crippen LogP contribution in [0, 0.1) is 11.3 Å². The number of nitrogens with zero attached hydrogens (tertiary/aromatic N) is 5. The summed E-state index contributed by atoms with van der Waals surface area (Å²) in [7, 11) is 0. The molecule has 3 rings (SSSR count). The van der Waals surface area contributed by atoms with Gasteiger partial charge in [0.1, 0.15) is 12.4 Å². The molecule has 19 heavy (non-hydrogen) atoms. The molecule has 0 unspecified atom stereocenters. The van der Waals surface area contributed by atoms with Crippen LogP contribution in [0.3, 0.4) is 0 Å². The fourth-order valence-electron chi connectivity index (χ4n) is 1.67. The van der Waals surface area contributed by atoms with Crippen LogP contribution in [0.25, 0.3) is 16.9 Å². The van der Waals surface area contributed by atoms with Gasteiger partial charge in [-0.15, -0.1) is 5.10 Å². The van der Waals surface area contributed by atoms with Crippen LogP contribution in [-0.2, 0) is 0 Å². The van der Waals surface area contributed by atoms with E-state index in [1.54, 1.807) is 24.3 Å². The summed E-state index contributed by atoms with van der Waals surface area (Å²) in [6.45, 7) is 0. The van der Waals surface area contributed by atoms with E-state index in [2.05, 4.69) is 20.1 Å². The van der Waals surface area contributed by atoms with Crippen molar-refractivity contribution in [2.45, 2.75) is 0 Å². The van der Waals surface area contributed by atoms with E-state index in [1.165, 1.54) is 11.0 Å². The highest BCUT2D eigenvalue weighted by molar-refractivity contribution is 5.81. The van der Waals surface area contributed by atoms with E-state index in [9.17, 15) is 4.79 Å². The minimum atomic E-state index is -0.332. The summed E-state index contributed by atoms with van der Waals surface area (Å²) in [5.74, 6) is 0.191. The van der Waals surface area contributed by atoms with Crippen LogP contribution in [0.1, 0.15) is 5.82 Å². The lowest BCUT2D eigenvalue weighted by Crippen LogP contribution is -2.14. The summed E-state index contributed by atoms with van der Waals surface area (Å²) >= 11 is 0. The number of hydrogen-bond acceptors (Lipinski definition) is 6. The van der Waals surface area contributed by atoms with Crippen molar-refractivity contribution in [2.24, 2.45) is 0 Å². The molecule has 0 radical (unpaired) electrons. The zero-order valence-corrected chi connectivity index (χ0v) is 9.53. The summed E-state index contributed by atoms with van der Waals surface area (Å²) in [5.41, 5.74) is 6.26. The highest BCUT2D eigenvalue weighted by Gasteiger charge is 2.08. The third-order valence-electron chi connectivity index (χ3n) is 2.53. The van der Waals surface area contributed by atoms with Gasteiger partial charge in [0.15, 0.2) is 0 Å². The van der Waals surface area contributed by atoms with Crippen molar-refractivity contribution in [3.8, 4) is 12.0 Å². The van der Waals surface area contributed by atoms with Crippen molar-refractivity contribution in [3.05, 3.63) is 40.7 Å². The van der Waals surface area contributed by atoms with E-state index in [0.717, 1.165) is 0 Å². The first-order valence-corrected chi connectivity index (χ1v) is 5.29. The Balaban J connectivity index is 2.24. The smallest absolute Gasteiger partial charge is 0.260 e. The maximum atomic E-state index is 11.9. The second-order valence-corrected chi connectivity index (χ2v) is 3.79. The number of nitriles is 1. The van der Waals surface area contributed by atoms with Gasteiger partial charge in [-0.05, 0) is 18.2 Å². The van der Waals surface area contributed by atoms with Crippen molar-refractivity contribution in [2.75, 3.05) is 5.73 Å². The molecule has 0 spiro atoms. The predicted molar refractivity (Wildman–Crippen MR) is 66.4 cm³/mol. The van der Waals surface area contributed by atoms with E-state index < -0.39 is 0 Å². The summed E-state index contributed by atoms with van der Waals surface area (Å²) in [5, 5.41) is 12.9. The SMILES string of the molecule is N#Cc1ncn(-c2nc3ccc(N)cc3c(=O)[nH]2)n1. The van der Waals surface area contributed by atoms with Crippen molar-refractivity contribution in [1.29, 1.82) is 5.26 Å². The number of benzene rings is 1. The molecule has 0 bridgehead atoms.